The Hall–Kier alpha value is -2.67. The number of nitrogens with two attached hydrogens (primary N) is 1. The third kappa shape index (κ3) is 3.28. The van der Waals surface area contributed by atoms with Gasteiger partial charge in [0.1, 0.15) is 6.33 Å². The first kappa shape index (κ1) is 17.2. The van der Waals surface area contributed by atoms with Crippen molar-refractivity contribution in [1.29, 1.82) is 0 Å². The number of aromatic nitrogens is 3. The molecule has 130 valence electrons. The molecule has 1 heterocycles. The number of rotatable bonds is 3. The largest absolute Gasteiger partial charge is 0.416 e. The Balaban J connectivity index is 1.99. The van der Waals surface area contributed by atoms with E-state index in [2.05, 4.69) is 10.1 Å². The Morgan fingerprint density at radius 2 is 1.72 bits per heavy atom. The SMILES string of the molecule is Cc1ccc(CN)c(C)c1-c1ncn(-c2ccc(C(F)(F)F)cc2)n1. The van der Waals surface area contributed by atoms with E-state index < -0.39 is 11.7 Å². The van der Waals surface area contributed by atoms with Crippen LogP contribution in [-0.2, 0) is 12.7 Å². The number of aryl methyl sites for hydroxylation is 1. The van der Waals surface area contributed by atoms with Crippen LogP contribution in [0, 0.1) is 13.8 Å². The maximum absolute atomic E-state index is 12.7. The minimum Gasteiger partial charge on any atom is -0.326 e. The highest BCUT2D eigenvalue weighted by Gasteiger charge is 2.30. The molecule has 0 amide bonds. The van der Waals surface area contributed by atoms with Gasteiger partial charge in [0.15, 0.2) is 5.82 Å². The van der Waals surface area contributed by atoms with Crippen molar-refractivity contribution in [3.63, 3.8) is 0 Å². The van der Waals surface area contributed by atoms with E-state index in [0.29, 0.717) is 18.1 Å². The smallest absolute Gasteiger partial charge is 0.326 e. The molecule has 0 bridgehead atoms. The molecular weight excluding hydrogens is 329 g/mol. The zero-order valence-corrected chi connectivity index (χ0v) is 13.8. The molecule has 7 heteroatoms. The summed E-state index contributed by atoms with van der Waals surface area (Å²) in [6, 6.07) is 8.74. The van der Waals surface area contributed by atoms with Gasteiger partial charge in [-0.05, 0) is 54.8 Å². The van der Waals surface area contributed by atoms with Gasteiger partial charge in [-0.15, -0.1) is 5.10 Å². The molecule has 0 atom stereocenters. The lowest BCUT2D eigenvalue weighted by molar-refractivity contribution is -0.137. The highest BCUT2D eigenvalue weighted by Crippen LogP contribution is 2.30. The van der Waals surface area contributed by atoms with E-state index in [1.165, 1.54) is 23.1 Å². The van der Waals surface area contributed by atoms with Gasteiger partial charge in [0, 0.05) is 12.1 Å². The first-order valence-corrected chi connectivity index (χ1v) is 7.70. The second-order valence-electron chi connectivity index (χ2n) is 5.80. The van der Waals surface area contributed by atoms with Crippen LogP contribution in [0.4, 0.5) is 13.2 Å². The van der Waals surface area contributed by atoms with E-state index in [-0.39, 0.29) is 0 Å². The van der Waals surface area contributed by atoms with Gasteiger partial charge in [-0.25, -0.2) is 9.67 Å². The van der Waals surface area contributed by atoms with Crippen molar-refractivity contribution in [3.8, 4) is 17.1 Å². The summed E-state index contributed by atoms with van der Waals surface area (Å²) < 4.78 is 39.5. The third-order valence-electron chi connectivity index (χ3n) is 4.18. The molecule has 0 spiro atoms. The Bertz CT molecular complexity index is 896. The molecule has 2 aromatic carbocycles. The second kappa shape index (κ2) is 6.33. The van der Waals surface area contributed by atoms with Gasteiger partial charge in [0.05, 0.1) is 11.3 Å². The van der Waals surface area contributed by atoms with Crippen molar-refractivity contribution in [1.82, 2.24) is 14.8 Å². The van der Waals surface area contributed by atoms with Gasteiger partial charge in [0.25, 0.3) is 0 Å². The van der Waals surface area contributed by atoms with E-state index in [9.17, 15) is 13.2 Å². The molecule has 0 radical (unpaired) electrons. The van der Waals surface area contributed by atoms with Gasteiger partial charge < -0.3 is 5.73 Å². The lowest BCUT2D eigenvalue weighted by Crippen LogP contribution is -2.05. The molecule has 0 aliphatic rings. The molecule has 1 aromatic heterocycles. The molecule has 0 saturated heterocycles. The Morgan fingerprint density at radius 1 is 1.04 bits per heavy atom. The molecule has 0 aliphatic heterocycles. The summed E-state index contributed by atoms with van der Waals surface area (Å²) in [4.78, 5) is 4.32. The van der Waals surface area contributed by atoms with E-state index in [4.69, 9.17) is 5.73 Å². The predicted molar refractivity (Wildman–Crippen MR) is 89.2 cm³/mol. The zero-order valence-electron chi connectivity index (χ0n) is 13.8. The molecule has 0 aliphatic carbocycles. The van der Waals surface area contributed by atoms with Crippen LogP contribution in [0.3, 0.4) is 0 Å². The molecule has 3 rings (SSSR count). The topological polar surface area (TPSA) is 56.7 Å². The standard InChI is InChI=1S/C18H17F3N4/c1-11-3-4-13(9-22)12(2)16(11)17-23-10-25(24-17)15-7-5-14(6-8-15)18(19,20)21/h3-8,10H,9,22H2,1-2H3. The molecule has 3 aromatic rings. The number of benzene rings is 2. The Labute approximate surface area is 143 Å². The van der Waals surface area contributed by atoms with E-state index in [1.807, 2.05) is 26.0 Å². The quantitative estimate of drug-likeness (QED) is 0.779. The van der Waals surface area contributed by atoms with Crippen LogP contribution < -0.4 is 5.73 Å². The van der Waals surface area contributed by atoms with Gasteiger partial charge in [-0.1, -0.05) is 12.1 Å². The number of hydrogen-bond acceptors (Lipinski definition) is 3. The highest BCUT2D eigenvalue weighted by atomic mass is 19.4. The maximum Gasteiger partial charge on any atom is 0.416 e. The summed E-state index contributed by atoms with van der Waals surface area (Å²) >= 11 is 0. The van der Waals surface area contributed by atoms with Gasteiger partial charge >= 0.3 is 6.18 Å². The van der Waals surface area contributed by atoms with E-state index in [1.54, 1.807) is 0 Å². The number of nitrogens with zero attached hydrogens (tertiary/aromatic N) is 3. The van der Waals surface area contributed by atoms with Crippen molar-refractivity contribution in [2.75, 3.05) is 0 Å². The van der Waals surface area contributed by atoms with Crippen LogP contribution in [0.15, 0.2) is 42.7 Å². The number of alkyl halides is 3. The lowest BCUT2D eigenvalue weighted by Gasteiger charge is -2.10. The summed E-state index contributed by atoms with van der Waals surface area (Å²) in [5, 5.41) is 4.42. The second-order valence-corrected chi connectivity index (χ2v) is 5.80. The normalized spacial score (nSPS) is 11.8. The number of halogens is 3. The van der Waals surface area contributed by atoms with Gasteiger partial charge in [-0.3, -0.25) is 0 Å². The third-order valence-corrected chi connectivity index (χ3v) is 4.18. The van der Waals surface area contributed by atoms with Crippen LogP contribution in [0.1, 0.15) is 22.3 Å². The van der Waals surface area contributed by atoms with Crippen LogP contribution in [-0.4, -0.2) is 14.8 Å². The Kier molecular flexibility index (Phi) is 4.34. The summed E-state index contributed by atoms with van der Waals surface area (Å²) in [6.45, 7) is 4.34. The van der Waals surface area contributed by atoms with Crippen molar-refractivity contribution in [3.05, 3.63) is 65.0 Å². The van der Waals surface area contributed by atoms with Crippen LogP contribution in [0.5, 0.6) is 0 Å². The maximum atomic E-state index is 12.7. The van der Waals surface area contributed by atoms with Crippen molar-refractivity contribution < 1.29 is 13.2 Å². The molecule has 0 saturated carbocycles. The van der Waals surface area contributed by atoms with Crippen LogP contribution in [0.25, 0.3) is 17.1 Å². The first-order valence-electron chi connectivity index (χ1n) is 7.70. The molecule has 4 nitrogen and oxygen atoms in total. The molecule has 0 unspecified atom stereocenters. The minimum atomic E-state index is -4.36. The summed E-state index contributed by atoms with van der Waals surface area (Å²) in [7, 11) is 0. The van der Waals surface area contributed by atoms with Crippen LogP contribution >= 0.6 is 0 Å². The average molecular weight is 346 g/mol. The summed E-state index contributed by atoms with van der Waals surface area (Å²) in [5.74, 6) is 0.519. The minimum absolute atomic E-state index is 0.415. The first-order chi connectivity index (χ1) is 11.8. The Morgan fingerprint density at radius 3 is 2.32 bits per heavy atom. The zero-order chi connectivity index (χ0) is 18.2. The average Bonchev–Trinajstić information content (AvgIpc) is 3.04. The summed E-state index contributed by atoms with van der Waals surface area (Å²) in [6.07, 6.45) is -2.87. The fourth-order valence-electron chi connectivity index (χ4n) is 2.76. The van der Waals surface area contributed by atoms with E-state index in [0.717, 1.165) is 34.4 Å². The molecule has 25 heavy (non-hydrogen) atoms. The van der Waals surface area contributed by atoms with Crippen molar-refractivity contribution in [2.45, 2.75) is 26.6 Å². The monoisotopic (exact) mass is 346 g/mol. The van der Waals surface area contributed by atoms with Gasteiger partial charge in [0.2, 0.25) is 0 Å². The van der Waals surface area contributed by atoms with Gasteiger partial charge in [-0.2, -0.15) is 13.2 Å². The van der Waals surface area contributed by atoms with Crippen molar-refractivity contribution >= 4 is 0 Å². The molecule has 2 N–H and O–H groups in total. The van der Waals surface area contributed by atoms with E-state index >= 15 is 0 Å². The number of hydrogen-bond donors (Lipinski definition) is 1. The fourth-order valence-corrected chi connectivity index (χ4v) is 2.76. The lowest BCUT2D eigenvalue weighted by atomic mass is 9.97. The van der Waals surface area contributed by atoms with Crippen molar-refractivity contribution in [2.24, 2.45) is 5.73 Å². The highest BCUT2D eigenvalue weighted by molar-refractivity contribution is 5.66. The predicted octanol–water partition coefficient (Wildman–Crippen LogP) is 4.03. The molecule has 0 fully saturated rings. The fraction of sp³-hybridized carbons (Fsp3) is 0.222. The van der Waals surface area contributed by atoms with Crippen LogP contribution in [0.2, 0.25) is 0 Å². The summed E-state index contributed by atoms with van der Waals surface area (Å²) in [5.41, 5.74) is 9.49. The molecular formula is C18H17F3N4.